The standard InChI is InChI=1S/C11H8O3S/c12-9-3-1-7(2-4-10(13)14)11-8(9)5-6-15-11/h1-6,12H,(H,13,14)/b4-2+. The molecular formula is C11H8O3S. The second kappa shape index (κ2) is 3.74. The van der Waals surface area contributed by atoms with Gasteiger partial charge in [0.25, 0.3) is 0 Å². The number of hydrogen-bond acceptors (Lipinski definition) is 3. The summed E-state index contributed by atoms with van der Waals surface area (Å²) >= 11 is 1.48. The molecule has 0 saturated heterocycles. The van der Waals surface area contributed by atoms with Gasteiger partial charge in [-0.15, -0.1) is 11.3 Å². The summed E-state index contributed by atoms with van der Waals surface area (Å²) in [4.78, 5) is 10.4. The van der Waals surface area contributed by atoms with E-state index in [1.165, 1.54) is 17.4 Å². The third-order valence-corrected chi connectivity index (χ3v) is 2.99. The largest absolute Gasteiger partial charge is 0.507 e. The Morgan fingerprint density at radius 3 is 2.87 bits per heavy atom. The van der Waals surface area contributed by atoms with E-state index in [-0.39, 0.29) is 5.75 Å². The number of rotatable bonds is 2. The average molecular weight is 220 g/mol. The molecule has 76 valence electrons. The molecule has 15 heavy (non-hydrogen) atoms. The lowest BCUT2D eigenvalue weighted by Crippen LogP contribution is -1.85. The van der Waals surface area contributed by atoms with Crippen LogP contribution in [0.3, 0.4) is 0 Å². The van der Waals surface area contributed by atoms with Crippen molar-refractivity contribution < 1.29 is 15.0 Å². The maximum atomic E-state index is 10.4. The number of carboxylic acids is 1. The Morgan fingerprint density at radius 2 is 2.13 bits per heavy atom. The molecule has 0 atom stereocenters. The fourth-order valence-corrected chi connectivity index (χ4v) is 2.27. The number of aromatic hydroxyl groups is 1. The van der Waals surface area contributed by atoms with Gasteiger partial charge in [-0.3, -0.25) is 0 Å². The molecule has 0 aliphatic heterocycles. The highest BCUT2D eigenvalue weighted by Crippen LogP contribution is 2.32. The number of fused-ring (bicyclic) bond motifs is 1. The molecule has 1 heterocycles. The molecule has 0 saturated carbocycles. The van der Waals surface area contributed by atoms with Crippen LogP contribution in [0.15, 0.2) is 29.7 Å². The average Bonchev–Trinajstić information content (AvgIpc) is 2.66. The number of aliphatic carboxylic acids is 1. The molecule has 1 aromatic carbocycles. The number of phenolic OH excluding ortho intramolecular Hbond substituents is 1. The van der Waals surface area contributed by atoms with E-state index in [4.69, 9.17) is 5.11 Å². The van der Waals surface area contributed by atoms with Gasteiger partial charge in [-0.1, -0.05) is 0 Å². The first-order valence-electron chi connectivity index (χ1n) is 4.28. The van der Waals surface area contributed by atoms with E-state index in [0.717, 1.165) is 21.7 Å². The van der Waals surface area contributed by atoms with E-state index in [2.05, 4.69) is 0 Å². The lowest BCUT2D eigenvalue weighted by Gasteiger charge is -1.98. The third-order valence-electron chi connectivity index (χ3n) is 2.03. The summed E-state index contributed by atoms with van der Waals surface area (Å²) in [6.07, 6.45) is 2.62. The van der Waals surface area contributed by atoms with Crippen molar-refractivity contribution in [3.05, 3.63) is 35.2 Å². The SMILES string of the molecule is O=C(O)/C=C/c1ccc(O)c2ccsc12. The van der Waals surface area contributed by atoms with Crippen molar-refractivity contribution in [2.45, 2.75) is 0 Å². The summed E-state index contributed by atoms with van der Waals surface area (Å²) in [6, 6.07) is 5.08. The molecule has 0 radical (unpaired) electrons. The highest BCUT2D eigenvalue weighted by Gasteiger charge is 2.04. The van der Waals surface area contributed by atoms with Crippen molar-refractivity contribution >= 4 is 33.5 Å². The van der Waals surface area contributed by atoms with Crippen molar-refractivity contribution in [3.63, 3.8) is 0 Å². The van der Waals surface area contributed by atoms with Crippen LogP contribution in [0.5, 0.6) is 5.75 Å². The fraction of sp³-hybridized carbons (Fsp3) is 0. The minimum atomic E-state index is -0.979. The van der Waals surface area contributed by atoms with Crippen LogP contribution in [-0.4, -0.2) is 16.2 Å². The maximum absolute atomic E-state index is 10.4. The molecule has 2 aromatic rings. The number of thiophene rings is 1. The third kappa shape index (κ3) is 1.85. The summed E-state index contributed by atoms with van der Waals surface area (Å²) in [5, 5.41) is 20.7. The molecule has 0 aliphatic rings. The van der Waals surface area contributed by atoms with Crippen molar-refractivity contribution in [1.82, 2.24) is 0 Å². The van der Waals surface area contributed by atoms with Gasteiger partial charge in [-0.25, -0.2) is 4.79 Å². The number of carbonyl (C=O) groups is 1. The summed E-state index contributed by atoms with van der Waals surface area (Å²) in [5.41, 5.74) is 0.806. The Kier molecular flexibility index (Phi) is 2.43. The zero-order valence-electron chi connectivity index (χ0n) is 7.68. The van der Waals surface area contributed by atoms with Gasteiger partial charge in [0.2, 0.25) is 0 Å². The summed E-state index contributed by atoms with van der Waals surface area (Å²) in [7, 11) is 0. The van der Waals surface area contributed by atoms with Gasteiger partial charge in [0.1, 0.15) is 5.75 Å². The van der Waals surface area contributed by atoms with Gasteiger partial charge < -0.3 is 10.2 Å². The van der Waals surface area contributed by atoms with Crippen LogP contribution in [0, 0.1) is 0 Å². The van der Waals surface area contributed by atoms with Crippen molar-refractivity contribution in [3.8, 4) is 5.75 Å². The van der Waals surface area contributed by atoms with Crippen molar-refractivity contribution in [2.24, 2.45) is 0 Å². The van der Waals surface area contributed by atoms with E-state index in [1.807, 2.05) is 11.4 Å². The number of hydrogen-bond donors (Lipinski definition) is 2. The molecule has 2 N–H and O–H groups in total. The Labute approximate surface area is 89.9 Å². The van der Waals surface area contributed by atoms with E-state index < -0.39 is 5.97 Å². The Hall–Kier alpha value is -1.81. The molecule has 2 rings (SSSR count). The van der Waals surface area contributed by atoms with Crippen LogP contribution in [0.2, 0.25) is 0 Å². The zero-order chi connectivity index (χ0) is 10.8. The number of carboxylic acid groups (broad SMARTS) is 1. The van der Waals surface area contributed by atoms with E-state index in [0.29, 0.717) is 0 Å². The molecule has 0 unspecified atom stereocenters. The monoisotopic (exact) mass is 220 g/mol. The van der Waals surface area contributed by atoms with Gasteiger partial charge in [-0.05, 0) is 35.2 Å². The fourth-order valence-electron chi connectivity index (χ4n) is 1.36. The van der Waals surface area contributed by atoms with Gasteiger partial charge in [0, 0.05) is 16.2 Å². The normalized spacial score (nSPS) is 11.2. The molecule has 1 aromatic heterocycles. The second-order valence-electron chi connectivity index (χ2n) is 3.01. The molecule has 0 amide bonds. The molecular weight excluding hydrogens is 212 g/mol. The number of phenols is 1. The molecule has 0 aliphatic carbocycles. The van der Waals surface area contributed by atoms with Gasteiger partial charge >= 0.3 is 5.97 Å². The molecule has 0 fully saturated rings. The first-order valence-corrected chi connectivity index (χ1v) is 5.16. The minimum absolute atomic E-state index is 0.221. The summed E-state index contributed by atoms with van der Waals surface area (Å²) in [5.74, 6) is -0.758. The first-order chi connectivity index (χ1) is 7.18. The molecule has 3 nitrogen and oxygen atoms in total. The van der Waals surface area contributed by atoms with Crippen molar-refractivity contribution in [1.29, 1.82) is 0 Å². The predicted octanol–water partition coefficient (Wildman–Crippen LogP) is 2.70. The van der Waals surface area contributed by atoms with Gasteiger partial charge in [0.15, 0.2) is 0 Å². The quantitative estimate of drug-likeness (QED) is 0.765. The Morgan fingerprint density at radius 1 is 1.33 bits per heavy atom. The molecule has 4 heteroatoms. The first kappa shape index (κ1) is 9.73. The number of benzene rings is 1. The van der Waals surface area contributed by atoms with E-state index in [9.17, 15) is 9.90 Å². The van der Waals surface area contributed by atoms with Crippen molar-refractivity contribution in [2.75, 3.05) is 0 Å². The summed E-state index contributed by atoms with van der Waals surface area (Å²) < 4.78 is 0.896. The summed E-state index contributed by atoms with van der Waals surface area (Å²) in [6.45, 7) is 0. The van der Waals surface area contributed by atoms with E-state index in [1.54, 1.807) is 12.1 Å². The smallest absolute Gasteiger partial charge is 0.328 e. The van der Waals surface area contributed by atoms with Crippen LogP contribution in [0.1, 0.15) is 5.56 Å². The topological polar surface area (TPSA) is 57.5 Å². The van der Waals surface area contributed by atoms with Crippen LogP contribution in [0.25, 0.3) is 16.2 Å². The minimum Gasteiger partial charge on any atom is -0.507 e. The Bertz CT molecular complexity index is 540. The van der Waals surface area contributed by atoms with Crippen LogP contribution < -0.4 is 0 Å². The lowest BCUT2D eigenvalue weighted by atomic mass is 10.1. The zero-order valence-corrected chi connectivity index (χ0v) is 8.49. The molecule has 0 bridgehead atoms. The lowest BCUT2D eigenvalue weighted by molar-refractivity contribution is -0.131. The Balaban J connectivity index is 2.57. The van der Waals surface area contributed by atoms with Crippen LogP contribution >= 0.6 is 11.3 Å². The van der Waals surface area contributed by atoms with E-state index >= 15 is 0 Å². The van der Waals surface area contributed by atoms with Gasteiger partial charge in [0.05, 0.1) is 0 Å². The predicted molar refractivity (Wildman–Crippen MR) is 60.2 cm³/mol. The van der Waals surface area contributed by atoms with Crippen LogP contribution in [0.4, 0.5) is 0 Å². The highest BCUT2D eigenvalue weighted by molar-refractivity contribution is 7.17. The second-order valence-corrected chi connectivity index (χ2v) is 3.93. The molecule has 0 spiro atoms. The maximum Gasteiger partial charge on any atom is 0.328 e. The van der Waals surface area contributed by atoms with Crippen LogP contribution in [-0.2, 0) is 4.79 Å². The van der Waals surface area contributed by atoms with Gasteiger partial charge in [-0.2, -0.15) is 0 Å². The highest BCUT2D eigenvalue weighted by atomic mass is 32.1.